The van der Waals surface area contributed by atoms with Crippen LogP contribution in [0, 0.1) is 25.7 Å². The Kier molecular flexibility index (Phi) is 10.0. The first-order chi connectivity index (χ1) is 23.8. The van der Waals surface area contributed by atoms with E-state index in [0.29, 0.717) is 59.1 Å². The summed E-state index contributed by atoms with van der Waals surface area (Å²) in [5.41, 5.74) is 9.40. The monoisotopic (exact) mass is 670 g/mol. The van der Waals surface area contributed by atoms with Crippen molar-refractivity contribution in [1.82, 2.24) is 0 Å². The molecule has 0 heterocycles. The van der Waals surface area contributed by atoms with Crippen LogP contribution in [0.5, 0.6) is 23.0 Å². The molecule has 0 spiro atoms. The quantitative estimate of drug-likeness (QED) is 0.141. The van der Waals surface area contributed by atoms with Gasteiger partial charge in [0.1, 0.15) is 23.0 Å². The molecule has 258 valence electrons. The summed E-state index contributed by atoms with van der Waals surface area (Å²) in [6, 6.07) is 18.6. The van der Waals surface area contributed by atoms with Crippen molar-refractivity contribution in [2.75, 3.05) is 0 Å². The number of hydrogen-bond acceptors (Lipinski definition) is 6. The van der Waals surface area contributed by atoms with Crippen molar-refractivity contribution in [2.24, 2.45) is 11.8 Å². The van der Waals surface area contributed by atoms with E-state index in [4.69, 9.17) is 0 Å². The first kappa shape index (κ1) is 34.8. The van der Waals surface area contributed by atoms with Crippen LogP contribution in [0.3, 0.4) is 0 Å². The number of allylic oxidation sites excluding steroid dienone is 4. The summed E-state index contributed by atoms with van der Waals surface area (Å²) in [6.45, 7) is 7.75. The lowest BCUT2D eigenvalue weighted by molar-refractivity contribution is -0.119. The van der Waals surface area contributed by atoms with Gasteiger partial charge in [0, 0.05) is 24.7 Å². The van der Waals surface area contributed by atoms with E-state index >= 15 is 0 Å². The standard InChI is InChI=1S/C44H46O6/c1-25-5-9-29(39(45)13-25)17-35-21-33(22-36(43(35)49)18-30-10-6-26(2)14-40(30)46)34-23-37(19-31-11-7-27(3)15-41(31)47)44(50)38(24-34)20-32-12-8-28(4)16-42(32)48/h5,7,9,11,13-16,21-24,30,32,45,47,49-50H,6,8,10,12,17-20H2,1-4H3. The number of carbonyl (C=O) groups is 2. The molecule has 0 saturated carbocycles. The summed E-state index contributed by atoms with van der Waals surface area (Å²) in [5, 5.41) is 44.9. The first-order valence-electron chi connectivity index (χ1n) is 17.5. The number of ketones is 2. The van der Waals surface area contributed by atoms with Gasteiger partial charge in [0.2, 0.25) is 0 Å². The zero-order valence-electron chi connectivity index (χ0n) is 29.3. The molecule has 4 aromatic rings. The van der Waals surface area contributed by atoms with Gasteiger partial charge in [-0.05, 0) is 170 Å². The molecule has 50 heavy (non-hydrogen) atoms. The van der Waals surface area contributed by atoms with Gasteiger partial charge in [-0.1, -0.05) is 35.4 Å². The maximum Gasteiger partial charge on any atom is 0.159 e. The number of aryl methyl sites for hydroxylation is 2. The average Bonchev–Trinajstić information content (AvgIpc) is 3.05. The summed E-state index contributed by atoms with van der Waals surface area (Å²) in [5.74, 6) is 0.100. The van der Waals surface area contributed by atoms with Crippen LogP contribution in [0.2, 0.25) is 0 Å². The molecule has 0 saturated heterocycles. The van der Waals surface area contributed by atoms with Crippen molar-refractivity contribution in [3.63, 3.8) is 0 Å². The number of phenols is 4. The van der Waals surface area contributed by atoms with Gasteiger partial charge < -0.3 is 20.4 Å². The molecule has 6 nitrogen and oxygen atoms in total. The predicted octanol–water partition coefficient (Wildman–Crippen LogP) is 8.91. The second-order valence-electron chi connectivity index (χ2n) is 14.6. The Balaban J connectivity index is 1.48. The van der Waals surface area contributed by atoms with E-state index in [-0.39, 0.29) is 59.2 Å². The van der Waals surface area contributed by atoms with Gasteiger partial charge in [0.25, 0.3) is 0 Å². The van der Waals surface area contributed by atoms with Crippen molar-refractivity contribution in [3.8, 4) is 34.1 Å². The molecular weight excluding hydrogens is 624 g/mol. The minimum absolute atomic E-state index is 0.0600. The Hall–Kier alpha value is -5.10. The Labute approximate surface area is 294 Å². The lowest BCUT2D eigenvalue weighted by atomic mass is 9.82. The van der Waals surface area contributed by atoms with E-state index in [2.05, 4.69) is 0 Å². The van der Waals surface area contributed by atoms with E-state index in [1.165, 1.54) is 0 Å². The molecule has 6 heteroatoms. The lowest BCUT2D eigenvalue weighted by Gasteiger charge is -2.23. The molecule has 0 aliphatic heterocycles. The molecule has 6 rings (SSSR count). The van der Waals surface area contributed by atoms with Crippen LogP contribution >= 0.6 is 0 Å². The van der Waals surface area contributed by atoms with Crippen LogP contribution in [0.25, 0.3) is 11.1 Å². The zero-order valence-corrected chi connectivity index (χ0v) is 29.3. The SMILES string of the molecule is CC1=CC(=O)C(Cc2cc(-c3cc(Cc4ccc(C)cc4O)c(O)c(CC4CCC(C)=CC4=O)c3)cc(Cc3ccc(C)cc3O)c2O)CC1. The second kappa shape index (κ2) is 14.4. The minimum atomic E-state index is -0.259. The van der Waals surface area contributed by atoms with Crippen LogP contribution < -0.4 is 0 Å². The molecule has 0 radical (unpaired) electrons. The highest BCUT2D eigenvalue weighted by molar-refractivity contribution is 5.94. The van der Waals surface area contributed by atoms with Crippen molar-refractivity contribution >= 4 is 11.6 Å². The molecule has 0 aromatic heterocycles. The van der Waals surface area contributed by atoms with Crippen molar-refractivity contribution < 1.29 is 30.0 Å². The van der Waals surface area contributed by atoms with Gasteiger partial charge in [0.05, 0.1) is 0 Å². The van der Waals surface area contributed by atoms with Crippen LogP contribution in [-0.2, 0) is 35.3 Å². The Morgan fingerprint density at radius 1 is 0.520 bits per heavy atom. The molecule has 0 amide bonds. The van der Waals surface area contributed by atoms with Crippen LogP contribution in [0.15, 0.2) is 84.0 Å². The summed E-state index contributed by atoms with van der Waals surface area (Å²) in [6.07, 6.45) is 7.76. The molecule has 2 atom stereocenters. The van der Waals surface area contributed by atoms with E-state index in [0.717, 1.165) is 46.2 Å². The fourth-order valence-electron chi connectivity index (χ4n) is 7.38. The third-order valence-electron chi connectivity index (χ3n) is 10.4. The Morgan fingerprint density at radius 2 is 0.900 bits per heavy atom. The highest BCUT2D eigenvalue weighted by Crippen LogP contribution is 2.40. The van der Waals surface area contributed by atoms with Crippen molar-refractivity contribution in [2.45, 2.75) is 79.1 Å². The van der Waals surface area contributed by atoms with Gasteiger partial charge in [-0.15, -0.1) is 0 Å². The number of carbonyl (C=O) groups excluding carboxylic acids is 2. The molecule has 0 fully saturated rings. The topological polar surface area (TPSA) is 115 Å². The smallest absolute Gasteiger partial charge is 0.159 e. The molecule has 4 aromatic carbocycles. The minimum Gasteiger partial charge on any atom is -0.508 e. The van der Waals surface area contributed by atoms with E-state index in [1.54, 1.807) is 24.3 Å². The summed E-state index contributed by atoms with van der Waals surface area (Å²) < 4.78 is 0. The lowest BCUT2D eigenvalue weighted by Crippen LogP contribution is -2.19. The molecule has 2 unspecified atom stereocenters. The van der Waals surface area contributed by atoms with E-state index in [9.17, 15) is 30.0 Å². The van der Waals surface area contributed by atoms with Gasteiger partial charge in [-0.2, -0.15) is 0 Å². The van der Waals surface area contributed by atoms with Crippen LogP contribution in [-0.4, -0.2) is 32.0 Å². The van der Waals surface area contributed by atoms with Crippen molar-refractivity contribution in [3.05, 3.63) is 128 Å². The third-order valence-corrected chi connectivity index (χ3v) is 10.4. The highest BCUT2D eigenvalue weighted by Gasteiger charge is 2.26. The fourth-order valence-corrected chi connectivity index (χ4v) is 7.38. The maximum atomic E-state index is 13.0. The van der Waals surface area contributed by atoms with E-state index < -0.39 is 0 Å². The summed E-state index contributed by atoms with van der Waals surface area (Å²) in [7, 11) is 0. The molecular formula is C44H46O6. The van der Waals surface area contributed by atoms with E-state index in [1.807, 2.05) is 76.2 Å². The number of aromatic hydroxyl groups is 4. The summed E-state index contributed by atoms with van der Waals surface area (Å²) in [4.78, 5) is 26.1. The summed E-state index contributed by atoms with van der Waals surface area (Å²) >= 11 is 0. The number of rotatable bonds is 9. The molecule has 0 bridgehead atoms. The molecule has 4 N–H and O–H groups in total. The highest BCUT2D eigenvalue weighted by atomic mass is 16.3. The van der Waals surface area contributed by atoms with Gasteiger partial charge in [-0.25, -0.2) is 0 Å². The Bertz CT molecular complexity index is 1900. The van der Waals surface area contributed by atoms with Crippen molar-refractivity contribution in [1.29, 1.82) is 0 Å². The fraction of sp³-hybridized carbons (Fsp3) is 0.318. The number of hydrogen-bond donors (Lipinski definition) is 4. The Morgan fingerprint density at radius 3 is 1.26 bits per heavy atom. The van der Waals surface area contributed by atoms with Gasteiger partial charge >= 0.3 is 0 Å². The largest absolute Gasteiger partial charge is 0.508 e. The average molecular weight is 671 g/mol. The molecule has 2 aliphatic rings. The normalized spacial score (nSPS) is 17.8. The second-order valence-corrected chi connectivity index (χ2v) is 14.6. The third kappa shape index (κ3) is 7.70. The number of benzene rings is 4. The van der Waals surface area contributed by atoms with Gasteiger partial charge in [0.15, 0.2) is 11.6 Å². The number of phenolic OH excluding ortho intramolecular Hbond substituents is 4. The first-order valence-corrected chi connectivity index (χ1v) is 17.5. The molecule has 2 aliphatic carbocycles. The zero-order chi connectivity index (χ0) is 35.7. The predicted molar refractivity (Wildman–Crippen MR) is 197 cm³/mol. The maximum absolute atomic E-state index is 13.0. The van der Waals surface area contributed by atoms with Crippen LogP contribution in [0.1, 0.15) is 84.0 Å². The van der Waals surface area contributed by atoms with Gasteiger partial charge in [-0.3, -0.25) is 9.59 Å². The van der Waals surface area contributed by atoms with Crippen LogP contribution in [0.4, 0.5) is 0 Å².